The predicted octanol–water partition coefficient (Wildman–Crippen LogP) is 13.2. The fourth-order valence-corrected chi connectivity index (χ4v) is 7.45. The van der Waals surface area contributed by atoms with E-state index in [4.69, 9.17) is 0 Å². The second kappa shape index (κ2) is 13.5. The standard InChI is InChI=1S/C44H34Br2N2/c1-27-20-37(39(22-29(27)3)35-16-14-33(25-41(35)45)43-12-5-7-18-47-43)31-10-9-11-32(24-31)38-21-28(2)30(4)23-40(38)36-17-15-34(26-42(36)46)44-13-6-8-19-48-44/h5-26H,1-4H3. The molecule has 234 valence electrons. The molecule has 2 aromatic heterocycles. The van der Waals surface area contributed by atoms with E-state index >= 15 is 0 Å². The molecule has 48 heavy (non-hydrogen) atoms. The van der Waals surface area contributed by atoms with Crippen LogP contribution in [-0.4, -0.2) is 9.97 Å². The fraction of sp³-hybridized carbons (Fsp3) is 0.0909. The van der Waals surface area contributed by atoms with Gasteiger partial charge in [-0.25, -0.2) is 0 Å². The van der Waals surface area contributed by atoms with Crippen molar-refractivity contribution >= 4 is 31.9 Å². The first-order valence-corrected chi connectivity index (χ1v) is 17.6. The van der Waals surface area contributed by atoms with E-state index in [1.54, 1.807) is 0 Å². The molecule has 0 saturated heterocycles. The van der Waals surface area contributed by atoms with Gasteiger partial charge in [0.1, 0.15) is 0 Å². The zero-order valence-corrected chi connectivity index (χ0v) is 30.5. The number of rotatable bonds is 6. The Hall–Kier alpha value is -4.64. The van der Waals surface area contributed by atoms with Crippen molar-refractivity contribution in [3.8, 4) is 67.0 Å². The van der Waals surface area contributed by atoms with Gasteiger partial charge in [-0.3, -0.25) is 9.97 Å². The van der Waals surface area contributed by atoms with Gasteiger partial charge in [-0.15, -0.1) is 0 Å². The van der Waals surface area contributed by atoms with Crippen LogP contribution in [0, 0.1) is 27.7 Å². The van der Waals surface area contributed by atoms with Crippen LogP contribution in [-0.2, 0) is 0 Å². The van der Waals surface area contributed by atoms with Gasteiger partial charge in [0.15, 0.2) is 0 Å². The highest BCUT2D eigenvalue weighted by Crippen LogP contribution is 2.43. The van der Waals surface area contributed by atoms with E-state index in [1.165, 1.54) is 55.6 Å². The van der Waals surface area contributed by atoms with Crippen molar-refractivity contribution in [1.29, 1.82) is 0 Å². The van der Waals surface area contributed by atoms with Gasteiger partial charge in [0.05, 0.1) is 11.4 Å². The summed E-state index contributed by atoms with van der Waals surface area (Å²) in [7, 11) is 0. The van der Waals surface area contributed by atoms with Crippen LogP contribution in [0.5, 0.6) is 0 Å². The lowest BCUT2D eigenvalue weighted by molar-refractivity contribution is 1.32. The Morgan fingerprint density at radius 3 is 1.15 bits per heavy atom. The molecule has 0 N–H and O–H groups in total. The molecule has 2 nitrogen and oxygen atoms in total. The fourth-order valence-electron chi connectivity index (χ4n) is 6.26. The van der Waals surface area contributed by atoms with Crippen molar-refractivity contribution in [1.82, 2.24) is 9.97 Å². The first kappa shape index (κ1) is 31.9. The molecule has 0 radical (unpaired) electrons. The van der Waals surface area contributed by atoms with Crippen molar-refractivity contribution in [3.05, 3.63) is 165 Å². The van der Waals surface area contributed by atoms with Gasteiger partial charge in [-0.1, -0.05) is 111 Å². The highest BCUT2D eigenvalue weighted by molar-refractivity contribution is 9.11. The first-order valence-electron chi connectivity index (χ1n) is 16.0. The van der Waals surface area contributed by atoms with Crippen molar-refractivity contribution in [3.63, 3.8) is 0 Å². The number of hydrogen-bond donors (Lipinski definition) is 0. The summed E-state index contributed by atoms with van der Waals surface area (Å²) in [6.07, 6.45) is 3.67. The highest BCUT2D eigenvalue weighted by atomic mass is 79.9. The molecule has 0 fully saturated rings. The van der Waals surface area contributed by atoms with Gasteiger partial charge in [0.25, 0.3) is 0 Å². The second-order valence-corrected chi connectivity index (χ2v) is 14.1. The van der Waals surface area contributed by atoms with E-state index in [9.17, 15) is 0 Å². The van der Waals surface area contributed by atoms with Crippen molar-refractivity contribution in [2.75, 3.05) is 0 Å². The third kappa shape index (κ3) is 6.31. The second-order valence-electron chi connectivity index (χ2n) is 12.4. The monoisotopic (exact) mass is 748 g/mol. The molecule has 2 heterocycles. The Kier molecular flexibility index (Phi) is 8.96. The molecule has 0 amide bonds. The van der Waals surface area contributed by atoms with Crippen LogP contribution < -0.4 is 0 Å². The topological polar surface area (TPSA) is 25.8 Å². The average molecular weight is 751 g/mol. The van der Waals surface area contributed by atoms with Crippen LogP contribution in [0.3, 0.4) is 0 Å². The number of pyridine rings is 2. The Morgan fingerprint density at radius 2 is 0.771 bits per heavy atom. The van der Waals surface area contributed by atoms with Crippen LogP contribution in [0.25, 0.3) is 67.0 Å². The van der Waals surface area contributed by atoms with Crippen LogP contribution in [0.15, 0.2) is 143 Å². The summed E-state index contributed by atoms with van der Waals surface area (Å²) in [4.78, 5) is 9.12. The lowest BCUT2D eigenvalue weighted by Crippen LogP contribution is -1.94. The van der Waals surface area contributed by atoms with Gasteiger partial charge >= 0.3 is 0 Å². The van der Waals surface area contributed by atoms with Gasteiger partial charge in [-0.2, -0.15) is 0 Å². The van der Waals surface area contributed by atoms with Crippen LogP contribution >= 0.6 is 31.9 Å². The molecule has 0 aliphatic heterocycles. The molecule has 0 unspecified atom stereocenters. The summed E-state index contributed by atoms with van der Waals surface area (Å²) < 4.78 is 2.09. The summed E-state index contributed by atoms with van der Waals surface area (Å²) in [5.74, 6) is 0. The predicted molar refractivity (Wildman–Crippen MR) is 209 cm³/mol. The van der Waals surface area contributed by atoms with E-state index in [-0.39, 0.29) is 0 Å². The zero-order chi connectivity index (χ0) is 33.4. The van der Waals surface area contributed by atoms with Crippen molar-refractivity contribution < 1.29 is 0 Å². The maximum atomic E-state index is 4.56. The number of aryl methyl sites for hydroxylation is 4. The summed E-state index contributed by atoms with van der Waals surface area (Å²) in [5, 5.41) is 0. The van der Waals surface area contributed by atoms with E-state index in [0.29, 0.717) is 0 Å². The van der Waals surface area contributed by atoms with E-state index < -0.39 is 0 Å². The largest absolute Gasteiger partial charge is 0.256 e. The zero-order valence-electron chi connectivity index (χ0n) is 27.4. The Balaban J connectivity index is 1.34. The maximum absolute atomic E-state index is 4.56. The lowest BCUT2D eigenvalue weighted by Gasteiger charge is -2.18. The molecule has 0 aliphatic rings. The Morgan fingerprint density at radius 1 is 0.354 bits per heavy atom. The first-order chi connectivity index (χ1) is 23.3. The van der Waals surface area contributed by atoms with E-state index in [1.807, 2.05) is 48.8 Å². The highest BCUT2D eigenvalue weighted by Gasteiger charge is 2.17. The summed E-state index contributed by atoms with van der Waals surface area (Å²) in [6, 6.07) is 43.4. The molecule has 0 aliphatic carbocycles. The minimum absolute atomic E-state index is 0.958. The van der Waals surface area contributed by atoms with Crippen LogP contribution in [0.1, 0.15) is 22.3 Å². The van der Waals surface area contributed by atoms with E-state index in [2.05, 4.69) is 154 Å². The molecule has 7 rings (SSSR count). The van der Waals surface area contributed by atoms with Gasteiger partial charge in [0.2, 0.25) is 0 Å². The SMILES string of the molecule is Cc1cc(-c2cccc(-c3cc(C)c(C)cc3-c3ccc(-c4ccccn4)cc3Br)c2)c(-c2ccc(-c3ccccn3)cc2Br)cc1C. The van der Waals surface area contributed by atoms with Gasteiger partial charge in [0, 0.05) is 32.5 Å². The molecule has 4 heteroatoms. The summed E-state index contributed by atoms with van der Waals surface area (Å²) in [6.45, 7) is 8.76. The minimum atomic E-state index is 0.958. The van der Waals surface area contributed by atoms with Crippen LogP contribution in [0.2, 0.25) is 0 Å². The summed E-state index contributed by atoms with van der Waals surface area (Å²) in [5.41, 5.74) is 18.6. The molecular weight excluding hydrogens is 716 g/mol. The number of benzene rings is 5. The average Bonchev–Trinajstić information content (AvgIpc) is 3.11. The number of halogens is 2. The van der Waals surface area contributed by atoms with Gasteiger partial charge in [-0.05, 0) is 137 Å². The third-order valence-electron chi connectivity index (χ3n) is 9.19. The molecule has 7 aromatic rings. The van der Waals surface area contributed by atoms with Gasteiger partial charge < -0.3 is 0 Å². The molecule has 0 spiro atoms. The number of hydrogen-bond acceptors (Lipinski definition) is 2. The Bertz CT molecular complexity index is 2130. The molecule has 5 aromatic carbocycles. The molecular formula is C44H34Br2N2. The van der Waals surface area contributed by atoms with E-state index in [0.717, 1.165) is 42.6 Å². The molecule has 0 saturated carbocycles. The quantitative estimate of drug-likeness (QED) is 0.169. The smallest absolute Gasteiger partial charge is 0.0702 e. The lowest BCUT2D eigenvalue weighted by atomic mass is 9.87. The normalized spacial score (nSPS) is 11.1. The van der Waals surface area contributed by atoms with Crippen molar-refractivity contribution in [2.45, 2.75) is 27.7 Å². The number of nitrogens with zero attached hydrogens (tertiary/aromatic N) is 2. The maximum Gasteiger partial charge on any atom is 0.0702 e. The Labute approximate surface area is 299 Å². The van der Waals surface area contributed by atoms with Crippen molar-refractivity contribution in [2.24, 2.45) is 0 Å². The minimum Gasteiger partial charge on any atom is -0.256 e. The van der Waals surface area contributed by atoms with Crippen LogP contribution in [0.4, 0.5) is 0 Å². The number of aromatic nitrogens is 2. The molecule has 0 bridgehead atoms. The third-order valence-corrected chi connectivity index (χ3v) is 10.5. The molecule has 0 atom stereocenters. The summed E-state index contributed by atoms with van der Waals surface area (Å²) >= 11 is 7.85.